The lowest BCUT2D eigenvalue weighted by molar-refractivity contribution is -0.123. The Labute approximate surface area is 328 Å². The Kier molecular flexibility index (Phi) is 39.9. The second-order valence-corrected chi connectivity index (χ2v) is 17.0. The van der Waals surface area contributed by atoms with Crippen LogP contribution in [0.5, 0.6) is 0 Å². The fraction of sp³-hybridized carbons (Fsp3) is 0.889. The van der Waals surface area contributed by atoms with Crippen LogP contribution < -0.4 is 5.32 Å². The standard InChI is InChI=1S/C45H88NO6P/c1-3-5-7-9-11-13-15-17-19-20-21-22-23-24-25-26-27-29-31-33-35-37-39-41-45(48)46-43(42-52-53(49,50)51)44(47)40-38-36-34-32-30-28-18-16-14-12-10-8-6-4-2/h17,19,38,40,43-44,47H,3-16,18,20-37,39,41-42H2,1-2H3,(H,46,48)(H2,49,50,51)/b19-17+,40-38+/t43-,44+/m0/s1. The minimum Gasteiger partial charge on any atom is -0.387 e. The van der Waals surface area contributed by atoms with Gasteiger partial charge in [0.1, 0.15) is 0 Å². The molecule has 0 aliphatic rings. The molecule has 4 N–H and O–H groups in total. The summed E-state index contributed by atoms with van der Waals surface area (Å²) in [5.41, 5.74) is 0. The molecular weight excluding hydrogens is 681 g/mol. The van der Waals surface area contributed by atoms with Crippen molar-refractivity contribution in [3.63, 3.8) is 0 Å². The van der Waals surface area contributed by atoms with Crippen LogP contribution in [-0.2, 0) is 13.9 Å². The van der Waals surface area contributed by atoms with Crippen molar-refractivity contribution in [1.82, 2.24) is 5.32 Å². The van der Waals surface area contributed by atoms with Crippen LogP contribution in [-0.4, -0.2) is 39.6 Å². The van der Waals surface area contributed by atoms with Crippen molar-refractivity contribution in [2.45, 2.75) is 251 Å². The highest BCUT2D eigenvalue weighted by atomic mass is 31.2. The van der Waals surface area contributed by atoms with E-state index < -0.39 is 26.6 Å². The zero-order valence-electron chi connectivity index (χ0n) is 34.9. The number of amides is 1. The van der Waals surface area contributed by atoms with Gasteiger partial charge >= 0.3 is 7.82 Å². The third kappa shape index (κ3) is 42.0. The molecule has 0 aromatic rings. The fourth-order valence-corrected chi connectivity index (χ4v) is 7.28. The summed E-state index contributed by atoms with van der Waals surface area (Å²) in [6.07, 6.45) is 50.6. The molecule has 2 atom stereocenters. The summed E-state index contributed by atoms with van der Waals surface area (Å²) in [5, 5.41) is 13.4. The Morgan fingerprint density at radius 2 is 0.849 bits per heavy atom. The van der Waals surface area contributed by atoms with Gasteiger partial charge < -0.3 is 20.2 Å². The van der Waals surface area contributed by atoms with E-state index in [1.807, 2.05) is 6.08 Å². The van der Waals surface area contributed by atoms with E-state index in [1.54, 1.807) is 6.08 Å². The van der Waals surface area contributed by atoms with Gasteiger partial charge in [-0.25, -0.2) is 4.57 Å². The number of hydrogen-bond donors (Lipinski definition) is 4. The highest BCUT2D eigenvalue weighted by Gasteiger charge is 2.24. The second kappa shape index (κ2) is 40.7. The van der Waals surface area contributed by atoms with Crippen LogP contribution in [0.4, 0.5) is 0 Å². The Balaban J connectivity index is 3.86. The lowest BCUT2D eigenvalue weighted by Crippen LogP contribution is -2.45. The molecule has 0 aromatic carbocycles. The van der Waals surface area contributed by atoms with Crippen molar-refractivity contribution in [1.29, 1.82) is 0 Å². The zero-order chi connectivity index (χ0) is 38.9. The van der Waals surface area contributed by atoms with Gasteiger partial charge in [-0.2, -0.15) is 0 Å². The van der Waals surface area contributed by atoms with Crippen LogP contribution in [0.15, 0.2) is 24.3 Å². The van der Waals surface area contributed by atoms with E-state index in [0.717, 1.165) is 38.5 Å². The molecule has 0 bridgehead atoms. The summed E-state index contributed by atoms with van der Waals surface area (Å²) < 4.78 is 15.9. The number of carbonyl (C=O) groups excluding carboxylic acids is 1. The maximum atomic E-state index is 12.6. The fourth-order valence-electron chi connectivity index (χ4n) is 6.93. The summed E-state index contributed by atoms with van der Waals surface area (Å²) in [7, 11) is -4.71. The second-order valence-electron chi connectivity index (χ2n) is 15.7. The molecule has 0 spiro atoms. The maximum Gasteiger partial charge on any atom is 0.469 e. The number of aliphatic hydroxyl groups excluding tert-OH is 1. The minimum atomic E-state index is -4.71. The summed E-state index contributed by atoms with van der Waals surface area (Å²) >= 11 is 0. The molecular formula is C45H88NO6P. The molecule has 1 amide bonds. The van der Waals surface area contributed by atoms with Gasteiger partial charge in [0.15, 0.2) is 0 Å². The zero-order valence-corrected chi connectivity index (χ0v) is 35.8. The Hall–Kier alpha value is -0.980. The molecule has 0 radical (unpaired) electrons. The van der Waals surface area contributed by atoms with E-state index in [1.165, 1.54) is 180 Å². The molecule has 0 saturated heterocycles. The predicted octanol–water partition coefficient (Wildman–Crippen LogP) is 13.7. The van der Waals surface area contributed by atoms with Crippen molar-refractivity contribution in [2.75, 3.05) is 6.61 Å². The van der Waals surface area contributed by atoms with Crippen LogP contribution in [0.25, 0.3) is 0 Å². The number of hydrogen-bond acceptors (Lipinski definition) is 4. The summed E-state index contributed by atoms with van der Waals surface area (Å²) in [4.78, 5) is 30.9. The van der Waals surface area contributed by atoms with Crippen molar-refractivity contribution >= 4 is 13.7 Å². The smallest absolute Gasteiger partial charge is 0.387 e. The van der Waals surface area contributed by atoms with Crippen molar-refractivity contribution in [3.05, 3.63) is 24.3 Å². The molecule has 0 heterocycles. The normalized spacial score (nSPS) is 13.4. The lowest BCUT2D eigenvalue weighted by atomic mass is 10.0. The molecule has 0 aromatic heterocycles. The van der Waals surface area contributed by atoms with Gasteiger partial charge in [0.2, 0.25) is 5.91 Å². The van der Waals surface area contributed by atoms with Gasteiger partial charge in [0, 0.05) is 6.42 Å². The Morgan fingerprint density at radius 1 is 0.528 bits per heavy atom. The molecule has 0 unspecified atom stereocenters. The number of aliphatic hydroxyl groups is 1. The first kappa shape index (κ1) is 52.0. The number of allylic oxidation sites excluding steroid dienone is 3. The lowest BCUT2D eigenvalue weighted by Gasteiger charge is -2.22. The highest BCUT2D eigenvalue weighted by Crippen LogP contribution is 2.35. The molecule has 0 aliphatic heterocycles. The molecule has 0 fully saturated rings. The number of phosphoric ester groups is 1. The molecule has 8 heteroatoms. The van der Waals surface area contributed by atoms with Gasteiger partial charge in [-0.05, 0) is 44.9 Å². The molecule has 0 aliphatic carbocycles. The summed E-state index contributed by atoms with van der Waals surface area (Å²) in [5.74, 6) is -0.224. The van der Waals surface area contributed by atoms with Gasteiger partial charge in [-0.3, -0.25) is 9.32 Å². The SMILES string of the molecule is CCCCCCCC/C=C/CCCCCCCCCCCCCCCC(=O)N[C@@H](COP(=O)(O)O)[C@H](O)/C=C/CCCCCCCCCCCCCC. The Morgan fingerprint density at radius 3 is 1.21 bits per heavy atom. The van der Waals surface area contributed by atoms with Crippen molar-refractivity contribution < 1.29 is 28.8 Å². The van der Waals surface area contributed by atoms with Crippen LogP contribution in [0, 0.1) is 0 Å². The predicted molar refractivity (Wildman–Crippen MR) is 227 cm³/mol. The van der Waals surface area contributed by atoms with Crippen LogP contribution in [0.3, 0.4) is 0 Å². The average molecular weight is 770 g/mol. The molecule has 7 nitrogen and oxygen atoms in total. The van der Waals surface area contributed by atoms with Gasteiger partial charge in [0.25, 0.3) is 0 Å². The summed E-state index contributed by atoms with van der Waals surface area (Å²) in [6.45, 7) is 4.08. The van der Waals surface area contributed by atoms with Gasteiger partial charge in [-0.1, -0.05) is 212 Å². The van der Waals surface area contributed by atoms with Crippen molar-refractivity contribution in [2.24, 2.45) is 0 Å². The maximum absolute atomic E-state index is 12.6. The number of unbranched alkanes of at least 4 members (excludes halogenated alkanes) is 31. The van der Waals surface area contributed by atoms with E-state index in [-0.39, 0.29) is 5.91 Å². The van der Waals surface area contributed by atoms with Crippen LogP contribution in [0.2, 0.25) is 0 Å². The largest absolute Gasteiger partial charge is 0.469 e. The first-order valence-corrected chi connectivity index (χ1v) is 24.3. The monoisotopic (exact) mass is 770 g/mol. The van der Waals surface area contributed by atoms with Gasteiger partial charge in [0.05, 0.1) is 18.8 Å². The first-order valence-electron chi connectivity index (χ1n) is 22.8. The average Bonchev–Trinajstić information content (AvgIpc) is 3.13. The number of phosphoric acid groups is 1. The topological polar surface area (TPSA) is 116 Å². The van der Waals surface area contributed by atoms with Crippen LogP contribution >= 0.6 is 7.82 Å². The van der Waals surface area contributed by atoms with E-state index in [2.05, 4.69) is 35.8 Å². The quantitative estimate of drug-likeness (QED) is 0.0279. The van der Waals surface area contributed by atoms with E-state index in [0.29, 0.717) is 6.42 Å². The third-order valence-electron chi connectivity index (χ3n) is 10.4. The van der Waals surface area contributed by atoms with E-state index in [9.17, 15) is 14.5 Å². The van der Waals surface area contributed by atoms with E-state index in [4.69, 9.17) is 9.79 Å². The highest BCUT2D eigenvalue weighted by molar-refractivity contribution is 7.46. The van der Waals surface area contributed by atoms with E-state index >= 15 is 0 Å². The number of nitrogens with one attached hydrogen (secondary N) is 1. The van der Waals surface area contributed by atoms with Crippen LogP contribution in [0.1, 0.15) is 239 Å². The molecule has 314 valence electrons. The minimum absolute atomic E-state index is 0.224. The summed E-state index contributed by atoms with van der Waals surface area (Å²) in [6, 6.07) is -0.907. The Bertz CT molecular complexity index is 875. The molecule has 0 rings (SSSR count). The first-order chi connectivity index (χ1) is 25.8. The molecule has 53 heavy (non-hydrogen) atoms. The van der Waals surface area contributed by atoms with Gasteiger partial charge in [-0.15, -0.1) is 0 Å². The number of rotatable bonds is 42. The molecule has 0 saturated carbocycles. The van der Waals surface area contributed by atoms with Crippen molar-refractivity contribution in [3.8, 4) is 0 Å². The third-order valence-corrected chi connectivity index (χ3v) is 10.9. The number of carbonyl (C=O) groups is 1.